The number of aliphatic hydroxyl groups is 1. The predicted octanol–water partition coefficient (Wildman–Crippen LogP) is 1.98. The van der Waals surface area contributed by atoms with E-state index in [-0.39, 0.29) is 0 Å². The molecule has 0 heterocycles. The van der Waals surface area contributed by atoms with E-state index >= 15 is 0 Å². The van der Waals surface area contributed by atoms with Crippen LogP contribution in [0.2, 0.25) is 0 Å². The second kappa shape index (κ2) is 6.30. The standard InChI is InChI=1S/C14H13F2NO3S/c15-11-7-4-8-13(14(11)16)21(19,20)17-12(9-18)10-5-2-1-3-6-10/h1-8,12,17-18H,9H2/t12-/m0/s1. The highest BCUT2D eigenvalue weighted by molar-refractivity contribution is 7.89. The molecule has 112 valence electrons. The molecule has 2 N–H and O–H groups in total. The van der Waals surface area contributed by atoms with E-state index in [0.29, 0.717) is 5.56 Å². The topological polar surface area (TPSA) is 66.4 Å². The quantitative estimate of drug-likeness (QED) is 0.887. The van der Waals surface area contributed by atoms with Gasteiger partial charge in [-0.3, -0.25) is 0 Å². The molecule has 0 unspecified atom stereocenters. The number of nitrogens with one attached hydrogen (secondary N) is 1. The van der Waals surface area contributed by atoms with Gasteiger partial charge in [0, 0.05) is 0 Å². The van der Waals surface area contributed by atoms with Crippen molar-refractivity contribution in [2.24, 2.45) is 0 Å². The summed E-state index contributed by atoms with van der Waals surface area (Å²) < 4.78 is 53.1. The Morgan fingerprint density at radius 2 is 1.71 bits per heavy atom. The molecule has 0 amide bonds. The van der Waals surface area contributed by atoms with Gasteiger partial charge in [0.2, 0.25) is 10.0 Å². The monoisotopic (exact) mass is 313 g/mol. The van der Waals surface area contributed by atoms with E-state index in [1.54, 1.807) is 30.3 Å². The van der Waals surface area contributed by atoms with Crippen molar-refractivity contribution in [1.82, 2.24) is 4.72 Å². The summed E-state index contributed by atoms with van der Waals surface area (Å²) in [6, 6.07) is 10.3. The molecule has 7 heteroatoms. The molecule has 0 bridgehead atoms. The van der Waals surface area contributed by atoms with E-state index in [1.807, 2.05) is 0 Å². The van der Waals surface area contributed by atoms with Crippen LogP contribution in [0.1, 0.15) is 11.6 Å². The van der Waals surface area contributed by atoms with Gasteiger partial charge in [-0.15, -0.1) is 0 Å². The lowest BCUT2D eigenvalue weighted by Crippen LogP contribution is -2.31. The molecule has 2 aromatic rings. The molecule has 0 spiro atoms. The highest BCUT2D eigenvalue weighted by atomic mass is 32.2. The van der Waals surface area contributed by atoms with Crippen LogP contribution in [0, 0.1) is 11.6 Å². The third-order valence-corrected chi connectivity index (χ3v) is 4.38. The Morgan fingerprint density at radius 1 is 1.05 bits per heavy atom. The minimum absolute atomic E-state index is 0.514. The van der Waals surface area contributed by atoms with Gasteiger partial charge < -0.3 is 5.11 Å². The van der Waals surface area contributed by atoms with Gasteiger partial charge in [0.25, 0.3) is 0 Å². The summed E-state index contributed by atoms with van der Waals surface area (Å²) in [5.74, 6) is -2.70. The molecule has 0 saturated heterocycles. The number of halogens is 2. The zero-order chi connectivity index (χ0) is 15.5. The van der Waals surface area contributed by atoms with E-state index in [1.165, 1.54) is 0 Å². The third-order valence-electron chi connectivity index (χ3n) is 2.89. The summed E-state index contributed by atoms with van der Waals surface area (Å²) in [7, 11) is -4.30. The van der Waals surface area contributed by atoms with Crippen LogP contribution in [0.15, 0.2) is 53.4 Å². The maximum Gasteiger partial charge on any atom is 0.244 e. The van der Waals surface area contributed by atoms with E-state index in [9.17, 15) is 22.3 Å². The van der Waals surface area contributed by atoms with Crippen molar-refractivity contribution in [3.8, 4) is 0 Å². The lowest BCUT2D eigenvalue weighted by atomic mass is 10.1. The fourth-order valence-electron chi connectivity index (χ4n) is 1.84. The Bertz CT molecular complexity index is 720. The Balaban J connectivity index is 2.34. The van der Waals surface area contributed by atoms with Crippen LogP contribution in [0.5, 0.6) is 0 Å². The third kappa shape index (κ3) is 3.44. The number of hydrogen-bond donors (Lipinski definition) is 2. The molecule has 4 nitrogen and oxygen atoms in total. The molecule has 0 aliphatic rings. The number of sulfonamides is 1. The van der Waals surface area contributed by atoms with E-state index in [0.717, 1.165) is 18.2 Å². The normalized spacial score (nSPS) is 13.1. The van der Waals surface area contributed by atoms with Crippen molar-refractivity contribution in [2.45, 2.75) is 10.9 Å². The summed E-state index contributed by atoms with van der Waals surface area (Å²) in [4.78, 5) is -0.795. The smallest absolute Gasteiger partial charge is 0.244 e. The molecule has 0 aliphatic carbocycles. The van der Waals surface area contributed by atoms with Gasteiger partial charge in [-0.05, 0) is 17.7 Å². The molecule has 0 fully saturated rings. The Kier molecular flexibility index (Phi) is 4.66. The molecular formula is C14H13F2NO3S. The van der Waals surface area contributed by atoms with Gasteiger partial charge in [-0.25, -0.2) is 21.9 Å². The molecule has 0 radical (unpaired) electrons. The minimum atomic E-state index is -4.30. The van der Waals surface area contributed by atoms with E-state index in [2.05, 4.69) is 4.72 Å². The molecule has 21 heavy (non-hydrogen) atoms. The number of hydrogen-bond acceptors (Lipinski definition) is 3. The first kappa shape index (κ1) is 15.6. The molecule has 2 aromatic carbocycles. The van der Waals surface area contributed by atoms with Crippen molar-refractivity contribution in [1.29, 1.82) is 0 Å². The highest BCUT2D eigenvalue weighted by Crippen LogP contribution is 2.20. The Morgan fingerprint density at radius 3 is 2.33 bits per heavy atom. The van der Waals surface area contributed by atoms with Crippen molar-refractivity contribution >= 4 is 10.0 Å². The summed E-state index contributed by atoms with van der Waals surface area (Å²) in [6.45, 7) is -0.514. The maximum absolute atomic E-state index is 13.6. The summed E-state index contributed by atoms with van der Waals surface area (Å²) in [5, 5.41) is 9.32. The molecule has 0 saturated carbocycles. The van der Waals surface area contributed by atoms with Gasteiger partial charge in [0.05, 0.1) is 12.6 Å². The second-order valence-electron chi connectivity index (χ2n) is 4.32. The van der Waals surface area contributed by atoms with Crippen molar-refractivity contribution in [3.63, 3.8) is 0 Å². The average Bonchev–Trinajstić information content (AvgIpc) is 2.48. The van der Waals surface area contributed by atoms with Crippen LogP contribution in [0.3, 0.4) is 0 Å². The van der Waals surface area contributed by atoms with Gasteiger partial charge in [-0.1, -0.05) is 36.4 Å². The fourth-order valence-corrected chi connectivity index (χ4v) is 3.14. The van der Waals surface area contributed by atoms with Crippen LogP contribution in [-0.2, 0) is 10.0 Å². The molecule has 0 aliphatic heterocycles. The predicted molar refractivity (Wildman–Crippen MR) is 72.9 cm³/mol. The number of benzene rings is 2. The van der Waals surface area contributed by atoms with Crippen LogP contribution in [0.4, 0.5) is 8.78 Å². The highest BCUT2D eigenvalue weighted by Gasteiger charge is 2.25. The minimum Gasteiger partial charge on any atom is -0.394 e. The summed E-state index contributed by atoms with van der Waals surface area (Å²) >= 11 is 0. The van der Waals surface area contributed by atoms with Crippen LogP contribution in [0.25, 0.3) is 0 Å². The van der Waals surface area contributed by atoms with Crippen LogP contribution >= 0.6 is 0 Å². The average molecular weight is 313 g/mol. The molecular weight excluding hydrogens is 300 g/mol. The van der Waals surface area contributed by atoms with Crippen molar-refractivity contribution in [3.05, 3.63) is 65.7 Å². The lowest BCUT2D eigenvalue weighted by molar-refractivity contribution is 0.258. The lowest BCUT2D eigenvalue weighted by Gasteiger charge is -2.17. The first-order valence-corrected chi connectivity index (χ1v) is 7.56. The molecule has 2 rings (SSSR count). The fraction of sp³-hybridized carbons (Fsp3) is 0.143. The SMILES string of the molecule is O=S(=O)(N[C@@H](CO)c1ccccc1)c1cccc(F)c1F. The first-order chi connectivity index (χ1) is 9.95. The van der Waals surface area contributed by atoms with Gasteiger partial charge in [0.15, 0.2) is 11.6 Å². The Hall–Kier alpha value is -1.83. The zero-order valence-electron chi connectivity index (χ0n) is 10.8. The summed E-state index contributed by atoms with van der Waals surface area (Å²) in [5.41, 5.74) is 0.514. The Labute approximate surface area is 121 Å². The molecule has 1 atom stereocenters. The number of aliphatic hydroxyl groups excluding tert-OH is 1. The van der Waals surface area contributed by atoms with E-state index < -0.39 is 39.2 Å². The van der Waals surface area contributed by atoms with Gasteiger partial charge in [-0.2, -0.15) is 0 Å². The number of rotatable bonds is 5. The summed E-state index contributed by atoms with van der Waals surface area (Å²) in [6.07, 6.45) is 0. The molecule has 0 aromatic heterocycles. The van der Waals surface area contributed by atoms with Crippen LogP contribution < -0.4 is 4.72 Å². The maximum atomic E-state index is 13.6. The van der Waals surface area contributed by atoms with Crippen molar-refractivity contribution in [2.75, 3.05) is 6.61 Å². The largest absolute Gasteiger partial charge is 0.394 e. The van der Waals surface area contributed by atoms with Crippen molar-refractivity contribution < 1.29 is 22.3 Å². The van der Waals surface area contributed by atoms with Gasteiger partial charge >= 0.3 is 0 Å². The zero-order valence-corrected chi connectivity index (χ0v) is 11.6. The van der Waals surface area contributed by atoms with Gasteiger partial charge in [0.1, 0.15) is 4.90 Å². The van der Waals surface area contributed by atoms with Crippen LogP contribution in [-0.4, -0.2) is 20.1 Å². The first-order valence-electron chi connectivity index (χ1n) is 6.08. The second-order valence-corrected chi connectivity index (χ2v) is 6.00. The van der Waals surface area contributed by atoms with E-state index in [4.69, 9.17) is 0 Å².